The summed E-state index contributed by atoms with van der Waals surface area (Å²) in [5.41, 5.74) is -0.496. The predicted octanol–water partition coefficient (Wildman–Crippen LogP) is 2.39. The second kappa shape index (κ2) is 5.71. The first-order chi connectivity index (χ1) is 9.83. The van der Waals surface area contributed by atoms with E-state index in [2.05, 4.69) is 5.32 Å². The molecule has 0 radical (unpaired) electrons. The Bertz CT molecular complexity index is 564. The molecule has 0 saturated carbocycles. The molecule has 0 aliphatic carbocycles. The van der Waals surface area contributed by atoms with Crippen LogP contribution in [-0.4, -0.2) is 35.1 Å². The largest absolute Gasteiger partial charge is 0.481 e. The minimum Gasteiger partial charge on any atom is -0.481 e. The van der Waals surface area contributed by atoms with Crippen molar-refractivity contribution in [1.29, 1.82) is 0 Å². The molecule has 2 unspecified atom stereocenters. The van der Waals surface area contributed by atoms with E-state index in [0.29, 0.717) is 18.5 Å². The quantitative estimate of drug-likeness (QED) is 0.899. The number of carboxylic acid groups (broad SMARTS) is 1. The molecule has 1 aromatic carbocycles. The molecular formula is C15H19FN2O3. The molecule has 1 saturated heterocycles. The van der Waals surface area contributed by atoms with Crippen LogP contribution in [0.25, 0.3) is 0 Å². The number of nitrogens with zero attached hydrogens (tertiary/aromatic N) is 1. The zero-order valence-electron chi connectivity index (χ0n) is 12.1. The highest BCUT2D eigenvalue weighted by molar-refractivity contribution is 5.79. The summed E-state index contributed by atoms with van der Waals surface area (Å²) >= 11 is 0. The molecule has 2 N–H and O–H groups in total. The molecule has 5 nitrogen and oxygen atoms in total. The summed E-state index contributed by atoms with van der Waals surface area (Å²) in [5, 5.41) is 11.9. The molecule has 2 rings (SSSR count). The topological polar surface area (TPSA) is 69.6 Å². The maximum absolute atomic E-state index is 13.7. The zero-order valence-corrected chi connectivity index (χ0v) is 12.1. The van der Waals surface area contributed by atoms with Gasteiger partial charge >= 0.3 is 12.0 Å². The molecule has 1 aliphatic rings. The summed E-state index contributed by atoms with van der Waals surface area (Å²) in [6.07, 6.45) is 0.420. The van der Waals surface area contributed by atoms with Gasteiger partial charge in [0.15, 0.2) is 0 Å². The van der Waals surface area contributed by atoms with Gasteiger partial charge in [-0.3, -0.25) is 4.79 Å². The highest BCUT2D eigenvalue weighted by atomic mass is 19.1. The molecular weight excluding hydrogens is 275 g/mol. The van der Waals surface area contributed by atoms with Crippen LogP contribution in [0.5, 0.6) is 0 Å². The fourth-order valence-electron chi connectivity index (χ4n) is 2.49. The second-order valence-electron chi connectivity index (χ2n) is 5.73. The number of carbonyl (C=O) groups is 2. The molecule has 0 aromatic heterocycles. The average Bonchev–Trinajstić information content (AvgIpc) is 2.83. The third-order valence-electron chi connectivity index (χ3n) is 3.99. The first-order valence-electron chi connectivity index (χ1n) is 6.87. The SMILES string of the molecule is CC(NC(=O)N1CCC(C)(C(=O)O)C1)c1ccccc1F. The number of rotatable bonds is 3. The molecule has 1 aliphatic heterocycles. The van der Waals surface area contributed by atoms with Crippen LogP contribution in [0, 0.1) is 11.2 Å². The Balaban J connectivity index is 2.00. The Morgan fingerprint density at radius 1 is 1.43 bits per heavy atom. The van der Waals surface area contributed by atoms with Gasteiger partial charge in [-0.15, -0.1) is 0 Å². The standard InChI is InChI=1S/C15H19FN2O3/c1-10(11-5-3-4-6-12(11)16)17-14(21)18-8-7-15(2,9-18)13(19)20/h3-6,10H,7-9H2,1-2H3,(H,17,21)(H,19,20). The molecule has 0 spiro atoms. The van der Waals surface area contributed by atoms with E-state index in [-0.39, 0.29) is 18.4 Å². The van der Waals surface area contributed by atoms with Crippen molar-refractivity contribution in [3.8, 4) is 0 Å². The van der Waals surface area contributed by atoms with E-state index in [1.807, 2.05) is 0 Å². The van der Waals surface area contributed by atoms with Crippen LogP contribution in [0.3, 0.4) is 0 Å². The van der Waals surface area contributed by atoms with E-state index in [1.54, 1.807) is 32.0 Å². The minimum absolute atomic E-state index is 0.165. The van der Waals surface area contributed by atoms with Crippen LogP contribution in [0.1, 0.15) is 31.9 Å². The van der Waals surface area contributed by atoms with Crippen molar-refractivity contribution in [1.82, 2.24) is 10.2 Å². The molecule has 114 valence electrons. The summed E-state index contributed by atoms with van der Waals surface area (Å²) in [6.45, 7) is 3.88. The average molecular weight is 294 g/mol. The first kappa shape index (κ1) is 15.3. The van der Waals surface area contributed by atoms with Crippen molar-refractivity contribution in [3.63, 3.8) is 0 Å². The molecule has 0 bridgehead atoms. The lowest BCUT2D eigenvalue weighted by atomic mass is 9.90. The summed E-state index contributed by atoms with van der Waals surface area (Å²) in [7, 11) is 0. The number of urea groups is 1. The number of aliphatic carboxylic acids is 1. The molecule has 6 heteroatoms. The number of carboxylic acids is 1. The lowest BCUT2D eigenvalue weighted by Crippen LogP contribution is -2.41. The highest BCUT2D eigenvalue weighted by Crippen LogP contribution is 2.30. The van der Waals surface area contributed by atoms with E-state index in [0.717, 1.165) is 0 Å². The monoisotopic (exact) mass is 294 g/mol. The van der Waals surface area contributed by atoms with E-state index < -0.39 is 17.4 Å². The Hall–Kier alpha value is -2.11. The Morgan fingerprint density at radius 2 is 2.10 bits per heavy atom. The van der Waals surface area contributed by atoms with Crippen LogP contribution >= 0.6 is 0 Å². The molecule has 2 amide bonds. The molecule has 1 heterocycles. The van der Waals surface area contributed by atoms with Gasteiger partial charge in [-0.05, 0) is 26.3 Å². The number of nitrogens with one attached hydrogen (secondary N) is 1. The van der Waals surface area contributed by atoms with Crippen LogP contribution in [0.4, 0.5) is 9.18 Å². The van der Waals surface area contributed by atoms with E-state index in [9.17, 15) is 14.0 Å². The van der Waals surface area contributed by atoms with E-state index >= 15 is 0 Å². The van der Waals surface area contributed by atoms with Crippen LogP contribution in [0.2, 0.25) is 0 Å². The van der Waals surface area contributed by atoms with Crippen LogP contribution < -0.4 is 5.32 Å². The summed E-state index contributed by atoms with van der Waals surface area (Å²) in [4.78, 5) is 24.8. The third kappa shape index (κ3) is 3.15. The fourth-order valence-corrected chi connectivity index (χ4v) is 2.49. The molecule has 1 aromatic rings. The Kier molecular flexibility index (Phi) is 4.16. The van der Waals surface area contributed by atoms with Crippen molar-refractivity contribution in [3.05, 3.63) is 35.6 Å². The maximum atomic E-state index is 13.7. The number of likely N-dealkylation sites (tertiary alicyclic amines) is 1. The maximum Gasteiger partial charge on any atom is 0.317 e. The van der Waals surface area contributed by atoms with E-state index in [4.69, 9.17) is 5.11 Å². The van der Waals surface area contributed by atoms with Crippen molar-refractivity contribution in [2.45, 2.75) is 26.3 Å². The molecule has 2 atom stereocenters. The van der Waals surface area contributed by atoms with Gasteiger partial charge in [0, 0.05) is 18.7 Å². The van der Waals surface area contributed by atoms with Gasteiger partial charge in [-0.1, -0.05) is 18.2 Å². The van der Waals surface area contributed by atoms with Crippen molar-refractivity contribution >= 4 is 12.0 Å². The first-order valence-corrected chi connectivity index (χ1v) is 6.87. The summed E-state index contributed by atoms with van der Waals surface area (Å²) in [6, 6.07) is 5.41. The number of halogens is 1. The van der Waals surface area contributed by atoms with Gasteiger partial charge < -0.3 is 15.3 Å². The fraction of sp³-hybridized carbons (Fsp3) is 0.467. The van der Waals surface area contributed by atoms with Crippen LogP contribution in [-0.2, 0) is 4.79 Å². The van der Waals surface area contributed by atoms with Crippen molar-refractivity contribution in [2.24, 2.45) is 5.41 Å². The Morgan fingerprint density at radius 3 is 2.67 bits per heavy atom. The number of carbonyl (C=O) groups excluding carboxylic acids is 1. The smallest absolute Gasteiger partial charge is 0.317 e. The second-order valence-corrected chi connectivity index (χ2v) is 5.73. The Labute approximate surface area is 122 Å². The summed E-state index contributed by atoms with van der Waals surface area (Å²) < 4.78 is 13.7. The van der Waals surface area contributed by atoms with Gasteiger partial charge in [-0.25, -0.2) is 9.18 Å². The zero-order chi connectivity index (χ0) is 15.6. The number of benzene rings is 1. The van der Waals surface area contributed by atoms with Gasteiger partial charge in [0.2, 0.25) is 0 Å². The predicted molar refractivity (Wildman–Crippen MR) is 75.3 cm³/mol. The van der Waals surface area contributed by atoms with Gasteiger partial charge in [-0.2, -0.15) is 0 Å². The third-order valence-corrected chi connectivity index (χ3v) is 3.99. The number of hydrogen-bond donors (Lipinski definition) is 2. The van der Waals surface area contributed by atoms with Crippen LogP contribution in [0.15, 0.2) is 24.3 Å². The van der Waals surface area contributed by atoms with Gasteiger partial charge in [0.05, 0.1) is 11.5 Å². The molecule has 1 fully saturated rings. The molecule has 21 heavy (non-hydrogen) atoms. The normalized spacial score (nSPS) is 22.9. The van der Waals surface area contributed by atoms with Crippen molar-refractivity contribution < 1.29 is 19.1 Å². The minimum atomic E-state index is -0.904. The van der Waals surface area contributed by atoms with Gasteiger partial charge in [0.25, 0.3) is 0 Å². The number of hydrogen-bond acceptors (Lipinski definition) is 2. The van der Waals surface area contributed by atoms with E-state index in [1.165, 1.54) is 11.0 Å². The number of amides is 2. The van der Waals surface area contributed by atoms with Gasteiger partial charge in [0.1, 0.15) is 5.82 Å². The van der Waals surface area contributed by atoms with Crippen molar-refractivity contribution in [2.75, 3.05) is 13.1 Å². The summed E-state index contributed by atoms with van der Waals surface area (Å²) in [5.74, 6) is -1.28. The lowest BCUT2D eigenvalue weighted by Gasteiger charge is -2.23. The highest BCUT2D eigenvalue weighted by Gasteiger charge is 2.42. The lowest BCUT2D eigenvalue weighted by molar-refractivity contribution is -0.146.